The molecule has 0 saturated carbocycles. The van der Waals surface area contributed by atoms with Gasteiger partial charge in [-0.25, -0.2) is 17.2 Å². The third kappa shape index (κ3) is 6.76. The Hall–Kier alpha value is -3.47. The van der Waals surface area contributed by atoms with E-state index in [1.165, 1.54) is 24.3 Å². The first-order valence-corrected chi connectivity index (χ1v) is 14.0. The summed E-state index contributed by atoms with van der Waals surface area (Å²) in [5.41, 5.74) is 1.39. The minimum absolute atomic E-state index is 0.0165. The lowest BCUT2D eigenvalue weighted by Crippen LogP contribution is -2.34. The molecule has 1 N–H and O–H groups in total. The predicted octanol–water partition coefficient (Wildman–Crippen LogP) is 6.31. The number of amides is 1. The Bertz CT molecular complexity index is 1390. The lowest BCUT2D eigenvalue weighted by molar-refractivity contribution is -0.137. The Morgan fingerprint density at radius 1 is 0.974 bits per heavy atom. The molecule has 0 aliphatic carbocycles. The van der Waals surface area contributed by atoms with Gasteiger partial charge in [-0.05, 0) is 66.1 Å². The maximum absolute atomic E-state index is 13.9. The van der Waals surface area contributed by atoms with Crippen LogP contribution in [0.2, 0.25) is 0 Å². The van der Waals surface area contributed by atoms with Gasteiger partial charge in [0.05, 0.1) is 28.7 Å². The number of nitrogens with zero attached hydrogens (tertiary/aromatic N) is 1. The molecule has 208 valence electrons. The van der Waals surface area contributed by atoms with E-state index < -0.39 is 34.0 Å². The van der Waals surface area contributed by atoms with Crippen molar-refractivity contribution in [1.29, 1.82) is 0 Å². The van der Waals surface area contributed by atoms with E-state index in [1.54, 1.807) is 48.2 Å². The molecule has 1 fully saturated rings. The van der Waals surface area contributed by atoms with E-state index in [-0.39, 0.29) is 41.9 Å². The summed E-state index contributed by atoms with van der Waals surface area (Å²) < 4.78 is 90.2. The quantitative estimate of drug-likeness (QED) is 0.325. The van der Waals surface area contributed by atoms with Crippen LogP contribution in [0, 0.1) is 0 Å². The Morgan fingerprint density at radius 2 is 1.59 bits per heavy atom. The highest BCUT2D eigenvalue weighted by molar-refractivity contribution is 7.91. The fourth-order valence-electron chi connectivity index (χ4n) is 4.70. The third-order valence-corrected chi connectivity index (χ3v) is 8.60. The van der Waals surface area contributed by atoms with E-state index in [9.17, 15) is 35.2 Å². The molecule has 4 rings (SSSR count). The summed E-state index contributed by atoms with van der Waals surface area (Å²) in [5, 5.41) is 2.73. The number of hydrogen-bond donors (Lipinski definition) is 1. The van der Waals surface area contributed by atoms with Gasteiger partial charge in [0, 0.05) is 23.8 Å². The van der Waals surface area contributed by atoms with E-state index in [2.05, 4.69) is 5.32 Å². The number of benzene rings is 3. The molecular weight excluding hydrogens is 539 g/mol. The molecule has 1 unspecified atom stereocenters. The molecule has 1 aliphatic heterocycles. The van der Waals surface area contributed by atoms with Crippen molar-refractivity contribution in [3.8, 4) is 0 Å². The number of anilines is 2. The average Bonchev–Trinajstić information content (AvgIpc) is 3.35. The highest BCUT2D eigenvalue weighted by Gasteiger charge is 2.39. The van der Waals surface area contributed by atoms with E-state index in [0.717, 1.165) is 12.1 Å². The normalized spacial score (nSPS) is 18.0. The maximum atomic E-state index is 13.9. The second-order valence-corrected chi connectivity index (χ2v) is 11.7. The minimum Gasteiger partial charge on any atom is -0.362 e. The van der Waals surface area contributed by atoms with Crippen LogP contribution in [0.4, 0.5) is 33.3 Å². The van der Waals surface area contributed by atoms with Crippen molar-refractivity contribution < 1.29 is 35.2 Å². The summed E-state index contributed by atoms with van der Waals surface area (Å²) in [5.74, 6) is -0.708. The van der Waals surface area contributed by atoms with Gasteiger partial charge in [-0.2, -0.15) is 13.2 Å². The first kappa shape index (κ1) is 28.5. The van der Waals surface area contributed by atoms with Gasteiger partial charge in [-0.15, -0.1) is 0 Å². The van der Waals surface area contributed by atoms with E-state index in [0.29, 0.717) is 22.5 Å². The highest BCUT2D eigenvalue weighted by Crippen LogP contribution is 2.39. The van der Waals surface area contributed by atoms with Gasteiger partial charge in [-0.3, -0.25) is 4.79 Å². The third-order valence-electron chi connectivity index (χ3n) is 6.85. The molecule has 3 aromatic carbocycles. The molecule has 0 aromatic heterocycles. The Kier molecular flexibility index (Phi) is 8.29. The van der Waals surface area contributed by atoms with Crippen molar-refractivity contribution in [3.63, 3.8) is 0 Å². The second-order valence-electron chi connectivity index (χ2n) is 9.43. The number of hydrogen-bond acceptors (Lipinski definition) is 4. The zero-order valence-corrected chi connectivity index (χ0v) is 21.8. The molecule has 0 radical (unpaired) electrons. The molecule has 1 aliphatic rings. The zero-order valence-electron chi connectivity index (χ0n) is 21.0. The van der Waals surface area contributed by atoms with Crippen LogP contribution in [0.25, 0.3) is 0 Å². The number of carbonyl (C=O) groups excluding carboxylic acids is 1. The zero-order chi connectivity index (χ0) is 28.4. The monoisotopic (exact) mass is 566 g/mol. The van der Waals surface area contributed by atoms with Crippen molar-refractivity contribution in [3.05, 3.63) is 89.5 Å². The van der Waals surface area contributed by atoms with E-state index in [4.69, 9.17) is 0 Å². The molecule has 1 amide bonds. The van der Waals surface area contributed by atoms with Crippen LogP contribution in [-0.4, -0.2) is 39.1 Å². The van der Waals surface area contributed by atoms with Crippen molar-refractivity contribution in [2.24, 2.45) is 0 Å². The van der Waals surface area contributed by atoms with Gasteiger partial charge in [0.25, 0.3) is 6.43 Å². The number of halogens is 5. The van der Waals surface area contributed by atoms with Gasteiger partial charge in [0.2, 0.25) is 5.91 Å². The smallest absolute Gasteiger partial charge is 0.362 e. The van der Waals surface area contributed by atoms with Crippen LogP contribution in [0.3, 0.4) is 0 Å². The molecule has 2 atom stereocenters. The largest absolute Gasteiger partial charge is 0.416 e. The van der Waals surface area contributed by atoms with Crippen molar-refractivity contribution in [2.75, 3.05) is 22.5 Å². The molecule has 1 saturated heterocycles. The van der Waals surface area contributed by atoms with Crippen molar-refractivity contribution >= 4 is 27.1 Å². The summed E-state index contributed by atoms with van der Waals surface area (Å²) in [7, 11) is -3.33. The maximum Gasteiger partial charge on any atom is 0.416 e. The van der Waals surface area contributed by atoms with Crippen LogP contribution in [0.5, 0.6) is 0 Å². The first-order chi connectivity index (χ1) is 18.4. The average molecular weight is 567 g/mol. The lowest BCUT2D eigenvalue weighted by Gasteiger charge is -2.26. The minimum atomic E-state index is -4.47. The number of nitrogens with one attached hydrogen (secondary N) is 1. The fraction of sp³-hybridized carbons (Fsp3) is 0.321. The number of rotatable bonds is 8. The summed E-state index contributed by atoms with van der Waals surface area (Å²) in [6.07, 6.45) is -7.00. The van der Waals surface area contributed by atoms with E-state index >= 15 is 0 Å². The fourth-order valence-corrected chi connectivity index (χ4v) is 5.58. The summed E-state index contributed by atoms with van der Waals surface area (Å²) >= 11 is 0. The van der Waals surface area contributed by atoms with Crippen molar-refractivity contribution in [2.45, 2.75) is 49.2 Å². The van der Waals surface area contributed by atoms with Crippen molar-refractivity contribution in [1.82, 2.24) is 0 Å². The standard InChI is InChI=1S/C28H27F5N2O3S/c1-2-39(37,38)24-13-3-18(4-14-24)15-26(36)34-22-9-11-23(12-10-22)35-17-20(16-25(35)27(29)30)19-5-7-21(8-6-19)28(31,32)33/h3-14,20,25,27H,2,15-17H2,1H3,(H,34,36)/t20?,25-/m0/s1. The van der Waals surface area contributed by atoms with Gasteiger partial charge in [0.1, 0.15) is 0 Å². The van der Waals surface area contributed by atoms with Gasteiger partial charge in [-0.1, -0.05) is 31.2 Å². The Morgan fingerprint density at radius 3 is 2.13 bits per heavy atom. The highest BCUT2D eigenvalue weighted by atomic mass is 32.2. The molecule has 0 spiro atoms. The van der Waals surface area contributed by atoms with Gasteiger partial charge < -0.3 is 10.2 Å². The van der Waals surface area contributed by atoms with Crippen LogP contribution in [0.1, 0.15) is 36.0 Å². The number of carbonyl (C=O) groups is 1. The molecule has 3 aromatic rings. The van der Waals surface area contributed by atoms with Crippen LogP contribution >= 0.6 is 0 Å². The van der Waals surface area contributed by atoms with Crippen LogP contribution < -0.4 is 10.2 Å². The summed E-state index contributed by atoms with van der Waals surface area (Å²) in [6, 6.07) is 16.0. The molecule has 1 heterocycles. The van der Waals surface area contributed by atoms with Gasteiger partial charge in [0.15, 0.2) is 9.84 Å². The number of alkyl halides is 5. The molecule has 0 bridgehead atoms. The van der Waals surface area contributed by atoms with Crippen LogP contribution in [0.15, 0.2) is 77.7 Å². The Balaban J connectivity index is 1.40. The molecule has 11 heteroatoms. The lowest BCUT2D eigenvalue weighted by atomic mass is 9.95. The molecule has 5 nitrogen and oxygen atoms in total. The van der Waals surface area contributed by atoms with Crippen LogP contribution in [-0.2, 0) is 27.2 Å². The number of sulfone groups is 1. The first-order valence-electron chi connectivity index (χ1n) is 12.3. The Labute approximate surface area is 223 Å². The predicted molar refractivity (Wildman–Crippen MR) is 139 cm³/mol. The summed E-state index contributed by atoms with van der Waals surface area (Å²) in [6.45, 7) is 1.77. The molecular formula is C28H27F5N2O3S. The van der Waals surface area contributed by atoms with Gasteiger partial charge >= 0.3 is 6.18 Å². The van der Waals surface area contributed by atoms with E-state index in [1.807, 2.05) is 0 Å². The molecule has 39 heavy (non-hydrogen) atoms. The summed E-state index contributed by atoms with van der Waals surface area (Å²) in [4.78, 5) is 14.2. The second kappa shape index (κ2) is 11.3. The SMILES string of the molecule is CCS(=O)(=O)c1ccc(CC(=O)Nc2ccc(N3CC(c4ccc(C(F)(F)F)cc4)C[C@H]3C(F)F)cc2)cc1. The topological polar surface area (TPSA) is 66.5 Å².